The first-order chi connectivity index (χ1) is 11.0. The minimum atomic E-state index is -0.766. The smallest absolute Gasteiger partial charge is 0.319 e. The maximum atomic E-state index is 13.5. The Balaban J connectivity index is 2.02. The highest BCUT2D eigenvalue weighted by atomic mass is 35.5. The number of rotatable bonds is 5. The lowest BCUT2D eigenvalue weighted by atomic mass is 10.1. The van der Waals surface area contributed by atoms with Crippen LogP contribution in [0.5, 0.6) is 0 Å². The summed E-state index contributed by atoms with van der Waals surface area (Å²) in [5.41, 5.74) is 0.820. The monoisotopic (exact) mass is 338 g/mol. The minimum Gasteiger partial charge on any atom is -0.394 e. The Morgan fingerprint density at radius 2 is 2.09 bits per heavy atom. The fraction of sp³-hybridized carbons (Fsp3) is 0.267. The van der Waals surface area contributed by atoms with Gasteiger partial charge in [0, 0.05) is 6.42 Å². The van der Waals surface area contributed by atoms with E-state index < -0.39 is 17.9 Å². The SMILES string of the molecule is CCc1ncc(NC(=O)NC(CO)c2ccc(Cl)c(F)c2)cn1. The van der Waals surface area contributed by atoms with E-state index in [-0.39, 0.29) is 11.6 Å². The van der Waals surface area contributed by atoms with Crippen LogP contribution in [0.25, 0.3) is 0 Å². The number of carbonyl (C=O) groups is 1. The van der Waals surface area contributed by atoms with Crippen LogP contribution in [0.15, 0.2) is 30.6 Å². The van der Waals surface area contributed by atoms with Gasteiger partial charge in [0.15, 0.2) is 0 Å². The molecule has 122 valence electrons. The van der Waals surface area contributed by atoms with Crippen molar-refractivity contribution in [3.05, 3.63) is 52.8 Å². The van der Waals surface area contributed by atoms with E-state index >= 15 is 0 Å². The van der Waals surface area contributed by atoms with Gasteiger partial charge in [-0.3, -0.25) is 0 Å². The first-order valence-electron chi connectivity index (χ1n) is 6.97. The summed E-state index contributed by atoms with van der Waals surface area (Å²) in [6, 6.07) is 2.74. The molecule has 2 aromatic rings. The van der Waals surface area contributed by atoms with Gasteiger partial charge in [-0.05, 0) is 17.7 Å². The van der Waals surface area contributed by atoms with Crippen LogP contribution < -0.4 is 10.6 Å². The van der Waals surface area contributed by atoms with Crippen LogP contribution in [0.2, 0.25) is 5.02 Å². The molecule has 1 aromatic carbocycles. The van der Waals surface area contributed by atoms with Crippen molar-refractivity contribution < 1.29 is 14.3 Å². The van der Waals surface area contributed by atoms with E-state index in [2.05, 4.69) is 20.6 Å². The van der Waals surface area contributed by atoms with Crippen molar-refractivity contribution in [2.45, 2.75) is 19.4 Å². The molecule has 2 rings (SSSR count). The summed E-state index contributed by atoms with van der Waals surface area (Å²) >= 11 is 5.62. The van der Waals surface area contributed by atoms with E-state index in [9.17, 15) is 14.3 Å². The van der Waals surface area contributed by atoms with Crippen molar-refractivity contribution in [1.29, 1.82) is 0 Å². The Bertz CT molecular complexity index is 682. The van der Waals surface area contributed by atoms with Crippen molar-refractivity contribution >= 4 is 23.3 Å². The summed E-state index contributed by atoms with van der Waals surface area (Å²) < 4.78 is 13.5. The Morgan fingerprint density at radius 1 is 1.39 bits per heavy atom. The fourth-order valence-corrected chi connectivity index (χ4v) is 2.01. The maximum Gasteiger partial charge on any atom is 0.319 e. The molecule has 6 nitrogen and oxygen atoms in total. The van der Waals surface area contributed by atoms with Crippen molar-refractivity contribution in [3.8, 4) is 0 Å². The molecule has 1 atom stereocenters. The summed E-state index contributed by atoms with van der Waals surface area (Å²) in [7, 11) is 0. The lowest BCUT2D eigenvalue weighted by Gasteiger charge is -2.17. The van der Waals surface area contributed by atoms with Crippen LogP contribution in [-0.4, -0.2) is 27.7 Å². The van der Waals surface area contributed by atoms with Gasteiger partial charge in [0.05, 0.1) is 35.8 Å². The largest absolute Gasteiger partial charge is 0.394 e. The van der Waals surface area contributed by atoms with Crippen LogP contribution >= 0.6 is 11.6 Å². The molecule has 0 aliphatic carbocycles. The molecule has 0 aliphatic heterocycles. The van der Waals surface area contributed by atoms with E-state index in [1.54, 1.807) is 0 Å². The van der Waals surface area contributed by atoms with Crippen molar-refractivity contribution in [2.75, 3.05) is 11.9 Å². The molecular weight excluding hydrogens is 323 g/mol. The zero-order valence-electron chi connectivity index (χ0n) is 12.4. The second-order valence-electron chi connectivity index (χ2n) is 4.75. The number of carbonyl (C=O) groups excluding carboxylic acids is 1. The number of aliphatic hydroxyl groups is 1. The Kier molecular flexibility index (Phi) is 5.84. The van der Waals surface area contributed by atoms with Gasteiger partial charge in [0.2, 0.25) is 0 Å². The molecule has 0 fully saturated rings. The van der Waals surface area contributed by atoms with Crippen molar-refractivity contribution in [3.63, 3.8) is 0 Å². The normalized spacial score (nSPS) is 11.8. The second-order valence-corrected chi connectivity index (χ2v) is 5.16. The number of amides is 2. The van der Waals surface area contributed by atoms with Gasteiger partial charge in [0.25, 0.3) is 0 Å². The molecule has 0 radical (unpaired) electrons. The summed E-state index contributed by atoms with van der Waals surface area (Å²) in [6.45, 7) is 1.53. The Labute approximate surface area is 137 Å². The molecule has 8 heteroatoms. The van der Waals surface area contributed by atoms with Crippen LogP contribution in [0.3, 0.4) is 0 Å². The topological polar surface area (TPSA) is 87.1 Å². The molecule has 0 bridgehead atoms. The van der Waals surface area contributed by atoms with E-state index in [4.69, 9.17) is 11.6 Å². The molecule has 1 heterocycles. The molecular formula is C15H16ClFN4O2. The number of benzene rings is 1. The number of halogens is 2. The third kappa shape index (κ3) is 4.61. The highest BCUT2D eigenvalue weighted by molar-refractivity contribution is 6.30. The number of anilines is 1. The third-order valence-electron chi connectivity index (χ3n) is 3.11. The first kappa shape index (κ1) is 17.1. The number of hydrogen-bond donors (Lipinski definition) is 3. The van der Waals surface area contributed by atoms with E-state index in [1.807, 2.05) is 6.92 Å². The summed E-state index contributed by atoms with van der Waals surface area (Å²) in [6.07, 6.45) is 3.67. The van der Waals surface area contributed by atoms with Gasteiger partial charge < -0.3 is 15.7 Å². The van der Waals surface area contributed by atoms with Crippen LogP contribution in [-0.2, 0) is 6.42 Å². The van der Waals surface area contributed by atoms with Gasteiger partial charge >= 0.3 is 6.03 Å². The second kappa shape index (κ2) is 7.85. The average molecular weight is 339 g/mol. The van der Waals surface area contributed by atoms with Gasteiger partial charge in [-0.15, -0.1) is 0 Å². The Hall–Kier alpha value is -2.25. The van der Waals surface area contributed by atoms with Crippen LogP contribution in [0.1, 0.15) is 24.4 Å². The quantitative estimate of drug-likeness (QED) is 0.782. The number of aromatic nitrogens is 2. The third-order valence-corrected chi connectivity index (χ3v) is 3.42. The maximum absolute atomic E-state index is 13.5. The molecule has 0 aliphatic rings. The lowest BCUT2D eigenvalue weighted by Crippen LogP contribution is -2.34. The molecule has 1 unspecified atom stereocenters. The van der Waals surface area contributed by atoms with E-state index in [0.29, 0.717) is 23.5 Å². The van der Waals surface area contributed by atoms with Crippen LogP contribution in [0.4, 0.5) is 14.9 Å². The van der Waals surface area contributed by atoms with E-state index in [0.717, 1.165) is 0 Å². The average Bonchev–Trinajstić information content (AvgIpc) is 2.56. The molecule has 2 amide bonds. The number of nitrogens with one attached hydrogen (secondary N) is 2. The number of urea groups is 1. The highest BCUT2D eigenvalue weighted by Crippen LogP contribution is 2.20. The molecule has 0 saturated heterocycles. The molecule has 23 heavy (non-hydrogen) atoms. The van der Waals surface area contributed by atoms with Gasteiger partial charge in [-0.2, -0.15) is 0 Å². The van der Waals surface area contributed by atoms with Gasteiger partial charge in [0.1, 0.15) is 11.6 Å². The molecule has 0 saturated carbocycles. The van der Waals surface area contributed by atoms with Gasteiger partial charge in [-0.1, -0.05) is 24.6 Å². The van der Waals surface area contributed by atoms with Crippen LogP contribution in [0, 0.1) is 5.82 Å². The summed E-state index contributed by atoms with van der Waals surface area (Å²) in [5, 5.41) is 14.5. The van der Waals surface area contributed by atoms with Crippen molar-refractivity contribution in [2.24, 2.45) is 0 Å². The number of hydrogen-bond acceptors (Lipinski definition) is 4. The number of nitrogens with zero attached hydrogens (tertiary/aromatic N) is 2. The predicted octanol–water partition coefficient (Wildman–Crippen LogP) is 2.69. The Morgan fingerprint density at radius 3 is 2.65 bits per heavy atom. The number of aliphatic hydroxyl groups excluding tert-OH is 1. The zero-order chi connectivity index (χ0) is 16.8. The number of aryl methyl sites for hydroxylation is 1. The van der Waals surface area contributed by atoms with E-state index in [1.165, 1.54) is 30.6 Å². The predicted molar refractivity (Wildman–Crippen MR) is 84.8 cm³/mol. The zero-order valence-corrected chi connectivity index (χ0v) is 13.1. The summed E-state index contributed by atoms with van der Waals surface area (Å²) in [4.78, 5) is 20.1. The molecule has 0 spiro atoms. The molecule has 3 N–H and O–H groups in total. The highest BCUT2D eigenvalue weighted by Gasteiger charge is 2.15. The summed E-state index contributed by atoms with van der Waals surface area (Å²) in [5.74, 6) is 0.0502. The lowest BCUT2D eigenvalue weighted by molar-refractivity contribution is 0.225. The first-order valence-corrected chi connectivity index (χ1v) is 7.35. The minimum absolute atomic E-state index is 0.0250. The molecule has 1 aromatic heterocycles. The standard InChI is InChI=1S/C15H16ClFN4O2/c1-2-14-18-6-10(7-19-14)20-15(23)21-13(8-22)9-3-4-11(16)12(17)5-9/h3-7,13,22H,2,8H2,1H3,(H2,20,21,23). The van der Waals surface area contributed by atoms with Gasteiger partial charge in [-0.25, -0.2) is 19.2 Å². The van der Waals surface area contributed by atoms with Crippen molar-refractivity contribution in [1.82, 2.24) is 15.3 Å². The fourth-order valence-electron chi connectivity index (χ4n) is 1.89.